The molecule has 0 heterocycles. The van der Waals surface area contributed by atoms with Crippen molar-refractivity contribution in [3.63, 3.8) is 0 Å². The van der Waals surface area contributed by atoms with Crippen LogP contribution in [0.2, 0.25) is 0 Å². The summed E-state index contributed by atoms with van der Waals surface area (Å²) < 4.78 is 2.41. The van der Waals surface area contributed by atoms with Gasteiger partial charge in [0, 0.05) is 27.6 Å². The highest BCUT2D eigenvalue weighted by Gasteiger charge is 2.09. The molecule has 0 radical (unpaired) electrons. The van der Waals surface area contributed by atoms with E-state index in [9.17, 15) is 0 Å². The van der Waals surface area contributed by atoms with Crippen LogP contribution in [-0.2, 0) is 0 Å². The van der Waals surface area contributed by atoms with E-state index in [1.54, 1.807) is 23.5 Å². The first-order valence-corrected chi connectivity index (χ1v) is 10.2. The Morgan fingerprint density at radius 2 is 1.18 bits per heavy atom. The van der Waals surface area contributed by atoms with Gasteiger partial charge in [-0.2, -0.15) is 0 Å². The molecule has 0 spiro atoms. The Kier molecular flexibility index (Phi) is 5.90. The molecule has 3 rings (SSSR count). The van der Waals surface area contributed by atoms with E-state index in [-0.39, 0.29) is 0 Å². The molecule has 0 saturated heterocycles. The van der Waals surface area contributed by atoms with Crippen molar-refractivity contribution >= 4 is 62.0 Å². The molecule has 0 atom stereocenters. The summed E-state index contributed by atoms with van der Waals surface area (Å²) in [5.74, 6) is 0. The molecule has 0 aliphatic carbocycles. The molecule has 0 N–H and O–H groups in total. The van der Waals surface area contributed by atoms with Crippen molar-refractivity contribution in [3.05, 3.63) is 80.8 Å². The highest BCUT2D eigenvalue weighted by Crippen LogP contribution is 2.40. The largest absolute Gasteiger partial charge is 0.0889 e. The van der Waals surface area contributed by atoms with Crippen molar-refractivity contribution in [3.8, 4) is 0 Å². The highest BCUT2D eigenvalue weighted by molar-refractivity contribution is 14.1. The minimum absolute atomic E-state index is 1.14. The zero-order valence-electron chi connectivity index (χ0n) is 11.5. The molecular formula is C18H12BrIS2. The van der Waals surface area contributed by atoms with Gasteiger partial charge in [0.25, 0.3) is 0 Å². The van der Waals surface area contributed by atoms with Crippen molar-refractivity contribution in [1.82, 2.24) is 0 Å². The van der Waals surface area contributed by atoms with Crippen molar-refractivity contribution in [2.45, 2.75) is 19.6 Å². The Labute approximate surface area is 161 Å². The molecule has 0 aliphatic heterocycles. The van der Waals surface area contributed by atoms with Gasteiger partial charge in [0.15, 0.2) is 0 Å². The smallest absolute Gasteiger partial charge is 0.0326 e. The average molecular weight is 499 g/mol. The zero-order valence-corrected chi connectivity index (χ0v) is 16.9. The summed E-state index contributed by atoms with van der Waals surface area (Å²) in [5.41, 5.74) is 0. The number of hydrogen-bond donors (Lipinski definition) is 0. The number of rotatable bonds is 4. The summed E-state index contributed by atoms with van der Waals surface area (Å²) in [6.45, 7) is 0. The lowest BCUT2D eigenvalue weighted by Crippen LogP contribution is -1.84. The molecule has 0 aliphatic rings. The third-order valence-corrected chi connectivity index (χ3v) is 7.24. The van der Waals surface area contributed by atoms with E-state index in [0.29, 0.717) is 0 Å². The van der Waals surface area contributed by atoms with Gasteiger partial charge in [-0.1, -0.05) is 59.9 Å². The van der Waals surface area contributed by atoms with Crippen LogP contribution in [0.1, 0.15) is 0 Å². The van der Waals surface area contributed by atoms with Crippen LogP contribution in [0.15, 0.2) is 96.9 Å². The Bertz CT molecular complexity index is 694. The van der Waals surface area contributed by atoms with Gasteiger partial charge in [-0.3, -0.25) is 0 Å². The molecule has 0 nitrogen and oxygen atoms in total. The first-order valence-electron chi connectivity index (χ1n) is 6.67. The minimum atomic E-state index is 1.14. The predicted octanol–water partition coefficient (Wildman–Crippen LogP) is 7.36. The topological polar surface area (TPSA) is 0 Å². The molecule has 0 amide bonds. The fourth-order valence-corrected chi connectivity index (χ4v) is 5.40. The van der Waals surface area contributed by atoms with E-state index in [4.69, 9.17) is 0 Å². The first kappa shape index (κ1) is 16.4. The third kappa shape index (κ3) is 4.31. The van der Waals surface area contributed by atoms with E-state index in [1.165, 1.54) is 23.2 Å². The normalized spacial score (nSPS) is 10.6. The first-order chi connectivity index (χ1) is 10.7. The predicted molar refractivity (Wildman–Crippen MR) is 108 cm³/mol. The lowest BCUT2D eigenvalue weighted by atomic mass is 10.4. The van der Waals surface area contributed by atoms with E-state index >= 15 is 0 Å². The molecule has 3 aromatic rings. The molecular weight excluding hydrogens is 487 g/mol. The van der Waals surface area contributed by atoms with Gasteiger partial charge < -0.3 is 0 Å². The van der Waals surface area contributed by atoms with Crippen LogP contribution in [0.5, 0.6) is 0 Å². The van der Waals surface area contributed by atoms with Gasteiger partial charge in [0.05, 0.1) is 0 Å². The average Bonchev–Trinajstić information content (AvgIpc) is 2.54. The molecule has 0 saturated carbocycles. The van der Waals surface area contributed by atoms with Crippen molar-refractivity contribution in [2.75, 3.05) is 0 Å². The van der Waals surface area contributed by atoms with Crippen LogP contribution < -0.4 is 0 Å². The van der Waals surface area contributed by atoms with Gasteiger partial charge in [-0.25, -0.2) is 0 Å². The Hall–Kier alpha value is -0.430. The van der Waals surface area contributed by atoms with Gasteiger partial charge in [-0.05, 0) is 74.9 Å². The van der Waals surface area contributed by atoms with E-state index in [1.807, 2.05) is 12.1 Å². The molecule has 0 aromatic heterocycles. The van der Waals surface area contributed by atoms with Crippen molar-refractivity contribution in [1.29, 1.82) is 0 Å². The summed E-state index contributed by atoms with van der Waals surface area (Å²) in [6, 6.07) is 25.4. The maximum absolute atomic E-state index is 3.71. The van der Waals surface area contributed by atoms with Gasteiger partial charge >= 0.3 is 0 Å². The summed E-state index contributed by atoms with van der Waals surface area (Å²) in [4.78, 5) is 5.03. The van der Waals surface area contributed by atoms with E-state index in [0.717, 1.165) is 4.47 Å². The molecule has 4 heteroatoms. The van der Waals surface area contributed by atoms with Crippen molar-refractivity contribution in [2.24, 2.45) is 0 Å². The second kappa shape index (κ2) is 7.90. The second-order valence-corrected chi connectivity index (χ2v) is 8.79. The van der Waals surface area contributed by atoms with Gasteiger partial charge in [-0.15, -0.1) is 0 Å². The zero-order chi connectivity index (χ0) is 15.4. The fourth-order valence-electron chi connectivity index (χ4n) is 1.90. The fraction of sp³-hybridized carbons (Fsp3) is 0. The van der Waals surface area contributed by atoms with Gasteiger partial charge in [0.1, 0.15) is 0 Å². The lowest BCUT2D eigenvalue weighted by molar-refractivity contribution is 1.26. The van der Waals surface area contributed by atoms with Crippen LogP contribution in [0.4, 0.5) is 0 Å². The van der Waals surface area contributed by atoms with Crippen LogP contribution >= 0.6 is 62.0 Å². The highest BCUT2D eigenvalue weighted by atomic mass is 127. The standard InChI is InChI=1S/C18H12BrIS2/c19-15-11-18(22-14-9-5-2-6-10-14)16(20)12-17(15)21-13-7-3-1-4-8-13/h1-12H. The maximum atomic E-state index is 3.71. The number of halogens is 2. The molecule has 110 valence electrons. The van der Waals surface area contributed by atoms with Crippen LogP contribution in [0.25, 0.3) is 0 Å². The Morgan fingerprint density at radius 1 is 0.682 bits per heavy atom. The monoisotopic (exact) mass is 498 g/mol. The summed E-state index contributed by atoms with van der Waals surface area (Å²) in [6.07, 6.45) is 0. The molecule has 0 fully saturated rings. The summed E-state index contributed by atoms with van der Waals surface area (Å²) in [5, 5.41) is 0. The summed E-state index contributed by atoms with van der Waals surface area (Å²) in [7, 11) is 0. The molecule has 22 heavy (non-hydrogen) atoms. The molecule has 3 aromatic carbocycles. The van der Waals surface area contributed by atoms with Crippen LogP contribution in [0, 0.1) is 3.57 Å². The number of benzene rings is 3. The summed E-state index contributed by atoms with van der Waals surface area (Å²) >= 11 is 9.71. The molecule has 0 bridgehead atoms. The van der Waals surface area contributed by atoms with Crippen LogP contribution in [0.3, 0.4) is 0 Å². The Balaban J connectivity index is 1.85. The van der Waals surface area contributed by atoms with E-state index < -0.39 is 0 Å². The second-order valence-electron chi connectivity index (χ2n) is 4.54. The Morgan fingerprint density at radius 3 is 1.73 bits per heavy atom. The number of hydrogen-bond acceptors (Lipinski definition) is 2. The third-order valence-electron chi connectivity index (χ3n) is 2.93. The van der Waals surface area contributed by atoms with Crippen molar-refractivity contribution < 1.29 is 0 Å². The maximum Gasteiger partial charge on any atom is 0.0326 e. The quantitative estimate of drug-likeness (QED) is 0.344. The SMILES string of the molecule is Brc1cc(Sc2ccccc2)c(I)cc1Sc1ccccc1. The van der Waals surface area contributed by atoms with Gasteiger partial charge in [0.2, 0.25) is 0 Å². The lowest BCUT2D eigenvalue weighted by Gasteiger charge is -2.10. The van der Waals surface area contributed by atoms with Crippen LogP contribution in [-0.4, -0.2) is 0 Å². The minimum Gasteiger partial charge on any atom is -0.0889 e. The molecule has 0 unspecified atom stereocenters. The van der Waals surface area contributed by atoms with E-state index in [2.05, 4.69) is 99.2 Å².